The lowest BCUT2D eigenvalue weighted by Crippen LogP contribution is -2.41. The molecular weight excluding hydrogens is 330 g/mol. The van der Waals surface area contributed by atoms with Gasteiger partial charge in [-0.2, -0.15) is 0 Å². The first-order valence-electron chi connectivity index (χ1n) is 7.82. The smallest absolute Gasteiger partial charge is 0.444 e. The van der Waals surface area contributed by atoms with Crippen LogP contribution in [0.5, 0.6) is 0 Å². The third-order valence-electron chi connectivity index (χ3n) is 3.97. The molecule has 0 spiro atoms. The minimum atomic E-state index is -0.600. The number of hydrogen-bond acceptors (Lipinski definition) is 5. The Labute approximate surface area is 148 Å². The molecule has 0 bridgehead atoms. The maximum Gasteiger partial charge on any atom is 0.495 e. The van der Waals surface area contributed by atoms with Gasteiger partial charge >= 0.3 is 13.2 Å². The Kier molecular flexibility index (Phi) is 4.92. The van der Waals surface area contributed by atoms with Crippen LogP contribution in [0, 0.1) is 0 Å². The summed E-state index contributed by atoms with van der Waals surface area (Å²) >= 11 is 6.07. The van der Waals surface area contributed by atoms with Crippen LogP contribution in [0.15, 0.2) is 12.1 Å². The average Bonchev–Trinajstić information content (AvgIpc) is 2.55. The highest BCUT2D eigenvalue weighted by atomic mass is 35.5. The molecule has 2 rings (SSSR count). The van der Waals surface area contributed by atoms with E-state index in [-0.39, 0.29) is 11.0 Å². The summed E-state index contributed by atoms with van der Waals surface area (Å²) in [6.45, 7) is 13.2. The largest absolute Gasteiger partial charge is 0.495 e. The summed E-state index contributed by atoms with van der Waals surface area (Å²) < 4.78 is 17.2. The van der Waals surface area contributed by atoms with E-state index in [0.29, 0.717) is 5.46 Å². The number of pyridine rings is 1. The van der Waals surface area contributed by atoms with Gasteiger partial charge in [-0.05, 0) is 66.1 Å². The van der Waals surface area contributed by atoms with Crippen LogP contribution < -0.4 is 10.8 Å². The van der Waals surface area contributed by atoms with Gasteiger partial charge in [-0.25, -0.2) is 9.78 Å². The Morgan fingerprint density at radius 1 is 1.21 bits per heavy atom. The molecule has 6 nitrogen and oxygen atoms in total. The van der Waals surface area contributed by atoms with Gasteiger partial charge in [0.15, 0.2) is 0 Å². The minimum Gasteiger partial charge on any atom is -0.444 e. The Balaban J connectivity index is 2.20. The molecule has 0 saturated carbocycles. The highest BCUT2D eigenvalue weighted by molar-refractivity contribution is 6.62. The van der Waals surface area contributed by atoms with Crippen LogP contribution in [-0.4, -0.2) is 35.0 Å². The molecule has 1 N–H and O–H groups in total. The summed E-state index contributed by atoms with van der Waals surface area (Å²) in [6, 6.07) is 3.32. The van der Waals surface area contributed by atoms with E-state index in [2.05, 4.69) is 10.3 Å². The van der Waals surface area contributed by atoms with Crippen molar-refractivity contribution in [1.82, 2.24) is 4.98 Å². The molecule has 0 aromatic carbocycles. The Bertz CT molecular complexity index is 627. The second-order valence-electron chi connectivity index (χ2n) is 7.82. The van der Waals surface area contributed by atoms with Crippen molar-refractivity contribution >= 4 is 36.1 Å². The number of anilines is 1. The molecule has 132 valence electrons. The molecule has 0 aliphatic carbocycles. The van der Waals surface area contributed by atoms with Crippen molar-refractivity contribution in [2.45, 2.75) is 65.3 Å². The van der Waals surface area contributed by atoms with Crippen LogP contribution in [0.1, 0.15) is 48.5 Å². The SMILES string of the molecule is CC(C)(C)OC(=O)Nc1cc(B2OC(C)(C)C(C)(C)O2)cc(Cl)n1. The Morgan fingerprint density at radius 3 is 2.25 bits per heavy atom. The van der Waals surface area contributed by atoms with Crippen LogP contribution in [-0.2, 0) is 14.0 Å². The van der Waals surface area contributed by atoms with Crippen LogP contribution >= 0.6 is 11.6 Å². The number of rotatable bonds is 2. The lowest BCUT2D eigenvalue weighted by Gasteiger charge is -2.32. The number of aromatic nitrogens is 1. The number of carbonyl (C=O) groups is 1. The number of hydrogen-bond donors (Lipinski definition) is 1. The van der Waals surface area contributed by atoms with Gasteiger partial charge in [0, 0.05) is 0 Å². The second kappa shape index (κ2) is 6.21. The summed E-state index contributed by atoms with van der Waals surface area (Å²) in [7, 11) is -0.588. The third-order valence-corrected chi connectivity index (χ3v) is 4.16. The zero-order valence-corrected chi connectivity index (χ0v) is 15.9. The first-order valence-corrected chi connectivity index (χ1v) is 8.20. The van der Waals surface area contributed by atoms with Crippen LogP contribution in [0.4, 0.5) is 10.6 Å². The van der Waals surface area contributed by atoms with Crippen molar-refractivity contribution in [2.24, 2.45) is 0 Å². The number of halogens is 1. The predicted octanol–water partition coefficient (Wildman–Crippen LogP) is 3.38. The van der Waals surface area contributed by atoms with Gasteiger partial charge < -0.3 is 14.0 Å². The summed E-state index contributed by atoms with van der Waals surface area (Å²) in [6.07, 6.45) is -0.600. The van der Waals surface area contributed by atoms with Gasteiger partial charge in [0.05, 0.1) is 11.2 Å². The topological polar surface area (TPSA) is 69.7 Å². The molecule has 1 aromatic rings. The van der Waals surface area contributed by atoms with Gasteiger partial charge in [0.25, 0.3) is 0 Å². The third kappa shape index (κ3) is 4.40. The Morgan fingerprint density at radius 2 is 1.75 bits per heavy atom. The lowest BCUT2D eigenvalue weighted by atomic mass is 9.80. The standard InChI is InChI=1S/C16H24BClN2O4/c1-14(2,3)22-13(21)20-12-9-10(8-11(18)19-12)17-23-15(4,5)16(6,7)24-17/h8-9H,1-7H3,(H,19,20,21). The zero-order valence-electron chi connectivity index (χ0n) is 15.2. The van der Waals surface area contributed by atoms with Gasteiger partial charge in [0.1, 0.15) is 16.6 Å². The molecule has 1 amide bonds. The van der Waals surface area contributed by atoms with Crippen LogP contribution in [0.2, 0.25) is 5.15 Å². The average molecular weight is 355 g/mol. The summed E-state index contributed by atoms with van der Waals surface area (Å²) in [4.78, 5) is 16.0. The van der Waals surface area contributed by atoms with Gasteiger partial charge in [-0.15, -0.1) is 0 Å². The fourth-order valence-electron chi connectivity index (χ4n) is 2.10. The van der Waals surface area contributed by atoms with Crippen molar-refractivity contribution in [1.29, 1.82) is 0 Å². The minimum absolute atomic E-state index is 0.230. The van der Waals surface area contributed by atoms with Crippen molar-refractivity contribution in [3.8, 4) is 0 Å². The molecule has 2 heterocycles. The predicted molar refractivity (Wildman–Crippen MR) is 94.8 cm³/mol. The molecule has 0 atom stereocenters. The molecule has 8 heteroatoms. The van der Waals surface area contributed by atoms with Crippen molar-refractivity contribution in [3.63, 3.8) is 0 Å². The molecule has 24 heavy (non-hydrogen) atoms. The first-order chi connectivity index (χ1) is 10.8. The van der Waals surface area contributed by atoms with Crippen molar-refractivity contribution in [3.05, 3.63) is 17.3 Å². The lowest BCUT2D eigenvalue weighted by molar-refractivity contribution is 0.00578. The van der Waals surface area contributed by atoms with E-state index in [4.69, 9.17) is 25.6 Å². The molecule has 0 radical (unpaired) electrons. The monoisotopic (exact) mass is 354 g/mol. The number of nitrogens with one attached hydrogen (secondary N) is 1. The first kappa shape index (κ1) is 19.0. The van der Waals surface area contributed by atoms with E-state index in [1.807, 2.05) is 27.7 Å². The molecule has 1 aliphatic rings. The summed E-state index contributed by atoms with van der Waals surface area (Å²) in [5.74, 6) is 0.279. The molecule has 1 aliphatic heterocycles. The summed E-state index contributed by atoms with van der Waals surface area (Å²) in [5, 5.41) is 2.81. The quantitative estimate of drug-likeness (QED) is 0.651. The van der Waals surface area contributed by atoms with E-state index in [1.165, 1.54) is 0 Å². The maximum absolute atomic E-state index is 11.9. The molecule has 1 fully saturated rings. The van der Waals surface area contributed by atoms with Crippen LogP contribution in [0.25, 0.3) is 0 Å². The molecule has 0 unspecified atom stereocenters. The van der Waals surface area contributed by atoms with E-state index in [9.17, 15) is 4.79 Å². The highest BCUT2D eigenvalue weighted by Crippen LogP contribution is 2.36. The van der Waals surface area contributed by atoms with Gasteiger partial charge in [0.2, 0.25) is 0 Å². The highest BCUT2D eigenvalue weighted by Gasteiger charge is 2.51. The fraction of sp³-hybridized carbons (Fsp3) is 0.625. The second-order valence-corrected chi connectivity index (χ2v) is 8.21. The van der Waals surface area contributed by atoms with Gasteiger partial charge in [-0.1, -0.05) is 11.6 Å². The van der Waals surface area contributed by atoms with E-state index in [1.54, 1.807) is 32.9 Å². The van der Waals surface area contributed by atoms with E-state index < -0.39 is 30.0 Å². The van der Waals surface area contributed by atoms with Crippen LogP contribution in [0.3, 0.4) is 0 Å². The van der Waals surface area contributed by atoms with Crippen molar-refractivity contribution in [2.75, 3.05) is 5.32 Å². The number of nitrogens with zero attached hydrogens (tertiary/aromatic N) is 1. The molecule has 1 aromatic heterocycles. The zero-order chi connectivity index (χ0) is 18.3. The van der Waals surface area contributed by atoms with E-state index in [0.717, 1.165) is 0 Å². The number of carbonyl (C=O) groups excluding carboxylic acids is 1. The fourth-order valence-corrected chi connectivity index (χ4v) is 2.32. The number of amides is 1. The van der Waals surface area contributed by atoms with E-state index >= 15 is 0 Å². The molecule has 1 saturated heterocycles. The van der Waals surface area contributed by atoms with Crippen molar-refractivity contribution < 1.29 is 18.8 Å². The molecular formula is C16H24BClN2O4. The summed E-state index contributed by atoms with van der Waals surface area (Å²) in [5.41, 5.74) is -0.852. The van der Waals surface area contributed by atoms with Gasteiger partial charge in [-0.3, -0.25) is 5.32 Å². The number of ether oxygens (including phenoxy) is 1. The maximum atomic E-state index is 11.9. The normalized spacial score (nSPS) is 19.2. The Hall–Kier alpha value is -1.31.